The molecule has 1 aromatic carbocycles. The molecule has 0 saturated carbocycles. The molecular formula is C13H18N2O4. The number of amides is 2. The Morgan fingerprint density at radius 1 is 1.00 bits per heavy atom. The molecule has 2 amide bonds. The van der Waals surface area contributed by atoms with E-state index in [1.807, 2.05) is 0 Å². The lowest BCUT2D eigenvalue weighted by Gasteiger charge is -2.09. The molecule has 0 aliphatic carbocycles. The number of nitrogens with one attached hydrogen (secondary N) is 2. The maximum Gasteiger partial charge on any atom is 0.251 e. The van der Waals surface area contributed by atoms with Crippen LogP contribution in [-0.2, 0) is 4.79 Å². The molecule has 1 aromatic rings. The van der Waals surface area contributed by atoms with Gasteiger partial charge in [0.25, 0.3) is 5.91 Å². The van der Waals surface area contributed by atoms with Gasteiger partial charge in [-0.05, 0) is 12.1 Å². The third-order valence-corrected chi connectivity index (χ3v) is 2.40. The fourth-order valence-electron chi connectivity index (χ4n) is 1.46. The molecule has 0 heterocycles. The smallest absolute Gasteiger partial charge is 0.251 e. The summed E-state index contributed by atoms with van der Waals surface area (Å²) in [6.07, 6.45) is 0. The lowest BCUT2D eigenvalue weighted by atomic mass is 10.2. The van der Waals surface area contributed by atoms with Gasteiger partial charge in [0.2, 0.25) is 5.91 Å². The third kappa shape index (κ3) is 4.87. The molecule has 0 spiro atoms. The lowest BCUT2D eigenvalue weighted by molar-refractivity contribution is -0.118. The summed E-state index contributed by atoms with van der Waals surface area (Å²) >= 11 is 0. The van der Waals surface area contributed by atoms with E-state index < -0.39 is 0 Å². The third-order valence-electron chi connectivity index (χ3n) is 2.40. The van der Waals surface area contributed by atoms with Gasteiger partial charge in [-0.25, -0.2) is 0 Å². The van der Waals surface area contributed by atoms with Crippen LogP contribution < -0.4 is 20.1 Å². The van der Waals surface area contributed by atoms with Crippen LogP contribution in [-0.4, -0.2) is 39.1 Å². The van der Waals surface area contributed by atoms with Crippen LogP contribution in [0.2, 0.25) is 0 Å². The minimum atomic E-state index is -0.248. The maximum absolute atomic E-state index is 11.9. The molecule has 0 bridgehead atoms. The monoisotopic (exact) mass is 266 g/mol. The van der Waals surface area contributed by atoms with Crippen molar-refractivity contribution in [2.45, 2.75) is 6.92 Å². The van der Waals surface area contributed by atoms with Crippen molar-refractivity contribution < 1.29 is 19.1 Å². The molecule has 0 aromatic heterocycles. The molecule has 1 rings (SSSR count). The van der Waals surface area contributed by atoms with E-state index in [1.165, 1.54) is 21.1 Å². The SMILES string of the molecule is COc1cc(OC)cc(C(=O)NCCNC(C)=O)c1. The number of hydrogen-bond acceptors (Lipinski definition) is 4. The molecule has 0 saturated heterocycles. The zero-order chi connectivity index (χ0) is 14.3. The Labute approximate surface area is 112 Å². The zero-order valence-electron chi connectivity index (χ0n) is 11.3. The van der Waals surface area contributed by atoms with Gasteiger partial charge < -0.3 is 20.1 Å². The lowest BCUT2D eigenvalue weighted by Crippen LogP contribution is -2.33. The summed E-state index contributed by atoms with van der Waals surface area (Å²) in [6.45, 7) is 2.18. The van der Waals surface area contributed by atoms with Crippen molar-refractivity contribution in [2.75, 3.05) is 27.3 Å². The van der Waals surface area contributed by atoms with E-state index in [0.717, 1.165) is 0 Å². The van der Waals surface area contributed by atoms with Crippen LogP contribution >= 0.6 is 0 Å². The van der Waals surface area contributed by atoms with Crippen LogP contribution in [0.4, 0.5) is 0 Å². The van der Waals surface area contributed by atoms with Gasteiger partial charge in [0.1, 0.15) is 11.5 Å². The maximum atomic E-state index is 11.9. The van der Waals surface area contributed by atoms with Crippen LogP contribution in [0.15, 0.2) is 18.2 Å². The number of carbonyl (C=O) groups is 2. The van der Waals surface area contributed by atoms with Gasteiger partial charge in [0.05, 0.1) is 14.2 Å². The zero-order valence-corrected chi connectivity index (χ0v) is 11.3. The van der Waals surface area contributed by atoms with E-state index in [0.29, 0.717) is 30.2 Å². The van der Waals surface area contributed by atoms with Gasteiger partial charge in [-0.2, -0.15) is 0 Å². The predicted octanol–water partition coefficient (Wildman–Crippen LogP) is 0.570. The summed E-state index contributed by atoms with van der Waals surface area (Å²) in [6, 6.07) is 4.93. The number of hydrogen-bond donors (Lipinski definition) is 2. The second-order valence-corrected chi connectivity index (χ2v) is 3.84. The first-order valence-electron chi connectivity index (χ1n) is 5.82. The van der Waals surface area contributed by atoms with Gasteiger partial charge in [0.15, 0.2) is 0 Å². The van der Waals surface area contributed by atoms with Crippen molar-refractivity contribution in [3.63, 3.8) is 0 Å². The fraction of sp³-hybridized carbons (Fsp3) is 0.385. The highest BCUT2D eigenvalue weighted by Crippen LogP contribution is 2.22. The second kappa shape index (κ2) is 7.25. The Balaban J connectivity index is 2.63. The number of ether oxygens (including phenoxy) is 2. The molecule has 0 radical (unpaired) electrons. The van der Waals surface area contributed by atoms with Crippen LogP contribution in [0.1, 0.15) is 17.3 Å². The largest absolute Gasteiger partial charge is 0.497 e. The molecule has 2 N–H and O–H groups in total. The van der Waals surface area contributed by atoms with Crippen LogP contribution in [0.25, 0.3) is 0 Å². The van der Waals surface area contributed by atoms with Crippen molar-refractivity contribution in [3.05, 3.63) is 23.8 Å². The fourth-order valence-corrected chi connectivity index (χ4v) is 1.46. The van der Waals surface area contributed by atoms with Crippen LogP contribution in [0, 0.1) is 0 Å². The van der Waals surface area contributed by atoms with E-state index in [4.69, 9.17) is 9.47 Å². The summed E-state index contributed by atoms with van der Waals surface area (Å²) in [5, 5.41) is 5.29. The average Bonchev–Trinajstić information content (AvgIpc) is 2.42. The van der Waals surface area contributed by atoms with Gasteiger partial charge >= 0.3 is 0 Å². The number of carbonyl (C=O) groups excluding carboxylic acids is 2. The molecule has 0 fully saturated rings. The van der Waals surface area contributed by atoms with Gasteiger partial charge in [0, 0.05) is 31.6 Å². The van der Waals surface area contributed by atoms with E-state index in [9.17, 15) is 9.59 Å². The first-order chi connectivity index (χ1) is 9.06. The van der Waals surface area contributed by atoms with E-state index in [2.05, 4.69) is 10.6 Å². The van der Waals surface area contributed by atoms with Gasteiger partial charge in [-0.15, -0.1) is 0 Å². The summed E-state index contributed by atoms with van der Waals surface area (Å²) in [7, 11) is 3.04. The first kappa shape index (κ1) is 14.8. The van der Waals surface area contributed by atoms with Crippen molar-refractivity contribution in [1.82, 2.24) is 10.6 Å². The molecule has 0 unspecified atom stereocenters. The Bertz CT molecular complexity index is 438. The van der Waals surface area contributed by atoms with Crippen molar-refractivity contribution in [3.8, 4) is 11.5 Å². The minimum Gasteiger partial charge on any atom is -0.497 e. The molecule has 6 nitrogen and oxygen atoms in total. The first-order valence-corrected chi connectivity index (χ1v) is 5.82. The van der Waals surface area contributed by atoms with Crippen molar-refractivity contribution in [1.29, 1.82) is 0 Å². The van der Waals surface area contributed by atoms with E-state index in [-0.39, 0.29) is 11.8 Å². The summed E-state index contributed by atoms with van der Waals surface area (Å²) in [5.74, 6) is 0.720. The Morgan fingerprint density at radius 2 is 1.53 bits per heavy atom. The van der Waals surface area contributed by atoms with Crippen LogP contribution in [0.5, 0.6) is 11.5 Å². The van der Waals surface area contributed by atoms with Crippen LogP contribution in [0.3, 0.4) is 0 Å². The van der Waals surface area contributed by atoms with Crippen molar-refractivity contribution in [2.24, 2.45) is 0 Å². The number of methoxy groups -OCH3 is 2. The topological polar surface area (TPSA) is 76.7 Å². The Hall–Kier alpha value is -2.24. The molecule has 0 aliphatic rings. The summed E-state index contributed by atoms with van der Waals surface area (Å²) in [5.41, 5.74) is 0.444. The van der Waals surface area contributed by atoms with E-state index in [1.54, 1.807) is 18.2 Å². The standard InChI is InChI=1S/C13H18N2O4/c1-9(16)14-4-5-15-13(17)10-6-11(18-2)8-12(7-10)19-3/h6-8H,4-5H2,1-3H3,(H,14,16)(H,15,17). The summed E-state index contributed by atoms with van der Waals surface area (Å²) < 4.78 is 10.2. The molecule has 0 atom stereocenters. The second-order valence-electron chi connectivity index (χ2n) is 3.84. The highest BCUT2D eigenvalue weighted by atomic mass is 16.5. The molecule has 19 heavy (non-hydrogen) atoms. The highest BCUT2D eigenvalue weighted by Gasteiger charge is 2.09. The normalized spacial score (nSPS) is 9.63. The predicted molar refractivity (Wildman–Crippen MR) is 70.6 cm³/mol. The van der Waals surface area contributed by atoms with Gasteiger partial charge in [-0.3, -0.25) is 9.59 Å². The molecular weight excluding hydrogens is 248 g/mol. The molecule has 6 heteroatoms. The van der Waals surface area contributed by atoms with Gasteiger partial charge in [-0.1, -0.05) is 0 Å². The van der Waals surface area contributed by atoms with Crippen molar-refractivity contribution >= 4 is 11.8 Å². The average molecular weight is 266 g/mol. The number of benzene rings is 1. The Kier molecular flexibility index (Phi) is 5.66. The summed E-state index contributed by atoms with van der Waals surface area (Å²) in [4.78, 5) is 22.6. The quantitative estimate of drug-likeness (QED) is 0.738. The molecule has 0 aliphatic heterocycles. The number of rotatable bonds is 6. The Morgan fingerprint density at radius 3 is 2.00 bits per heavy atom. The minimum absolute atomic E-state index is 0.128. The van der Waals surface area contributed by atoms with E-state index >= 15 is 0 Å². The molecule has 104 valence electrons. The highest BCUT2D eigenvalue weighted by molar-refractivity contribution is 5.95.